The van der Waals surface area contributed by atoms with Gasteiger partial charge in [0.25, 0.3) is 5.91 Å². The number of amides is 1. The van der Waals surface area contributed by atoms with Crippen LogP contribution < -0.4 is 10.6 Å². The minimum Gasteiger partial charge on any atom is -0.342 e. The van der Waals surface area contributed by atoms with Gasteiger partial charge in [0, 0.05) is 12.1 Å². The van der Waals surface area contributed by atoms with E-state index in [2.05, 4.69) is 31.1 Å². The van der Waals surface area contributed by atoms with Gasteiger partial charge in [0.05, 0.1) is 12.7 Å². The summed E-state index contributed by atoms with van der Waals surface area (Å²) in [5, 5.41) is 18.1. The van der Waals surface area contributed by atoms with Crippen LogP contribution in [-0.2, 0) is 13.1 Å². The van der Waals surface area contributed by atoms with Gasteiger partial charge in [-0.15, -0.1) is 5.10 Å². The molecule has 3 heterocycles. The second-order valence-electron chi connectivity index (χ2n) is 6.60. The smallest absolute Gasteiger partial charge is 0.273 e. The SMILES string of the molecule is O=C(NCc1nc(-c2ccccc2)no1)c1cn(C[C@H]2CCCNC2)nn1. The summed E-state index contributed by atoms with van der Waals surface area (Å²) < 4.78 is 6.92. The zero-order valence-electron chi connectivity index (χ0n) is 14.8. The van der Waals surface area contributed by atoms with Gasteiger partial charge in [0.1, 0.15) is 0 Å². The molecule has 0 spiro atoms. The van der Waals surface area contributed by atoms with Gasteiger partial charge in [0.15, 0.2) is 5.69 Å². The number of rotatable bonds is 6. The molecule has 27 heavy (non-hydrogen) atoms. The molecule has 0 unspecified atom stereocenters. The number of hydrogen-bond acceptors (Lipinski definition) is 7. The molecule has 1 aliphatic heterocycles. The minimum absolute atomic E-state index is 0.137. The first-order valence-corrected chi connectivity index (χ1v) is 9.05. The molecule has 0 radical (unpaired) electrons. The zero-order valence-corrected chi connectivity index (χ0v) is 14.8. The highest BCUT2D eigenvalue weighted by atomic mass is 16.5. The highest BCUT2D eigenvalue weighted by molar-refractivity contribution is 5.91. The largest absolute Gasteiger partial charge is 0.342 e. The molecule has 4 rings (SSSR count). The number of piperidine rings is 1. The lowest BCUT2D eigenvalue weighted by Gasteiger charge is -2.22. The van der Waals surface area contributed by atoms with E-state index in [9.17, 15) is 4.79 Å². The third-order valence-corrected chi connectivity index (χ3v) is 4.52. The van der Waals surface area contributed by atoms with Gasteiger partial charge in [0.2, 0.25) is 11.7 Å². The number of nitrogens with zero attached hydrogens (tertiary/aromatic N) is 5. The first-order valence-electron chi connectivity index (χ1n) is 9.05. The second-order valence-corrected chi connectivity index (χ2v) is 6.60. The van der Waals surface area contributed by atoms with Crippen LogP contribution in [0.4, 0.5) is 0 Å². The van der Waals surface area contributed by atoms with E-state index >= 15 is 0 Å². The van der Waals surface area contributed by atoms with E-state index < -0.39 is 0 Å². The van der Waals surface area contributed by atoms with Gasteiger partial charge in [-0.3, -0.25) is 9.48 Å². The Labute approximate surface area is 156 Å². The van der Waals surface area contributed by atoms with Gasteiger partial charge < -0.3 is 15.2 Å². The van der Waals surface area contributed by atoms with Crippen molar-refractivity contribution in [1.29, 1.82) is 0 Å². The van der Waals surface area contributed by atoms with Crippen LogP contribution in [-0.4, -0.2) is 44.1 Å². The van der Waals surface area contributed by atoms with Crippen LogP contribution in [0.5, 0.6) is 0 Å². The fourth-order valence-electron chi connectivity index (χ4n) is 3.11. The lowest BCUT2D eigenvalue weighted by molar-refractivity contribution is 0.0941. The summed E-state index contributed by atoms with van der Waals surface area (Å²) in [7, 11) is 0. The van der Waals surface area contributed by atoms with Crippen LogP contribution in [0.2, 0.25) is 0 Å². The summed E-state index contributed by atoms with van der Waals surface area (Å²) in [5.41, 5.74) is 1.14. The van der Waals surface area contributed by atoms with Crippen molar-refractivity contribution in [3.05, 3.63) is 48.1 Å². The minimum atomic E-state index is -0.317. The summed E-state index contributed by atoms with van der Waals surface area (Å²) in [5.74, 6) is 1.03. The van der Waals surface area contributed by atoms with Gasteiger partial charge in [-0.25, -0.2) is 0 Å². The molecule has 9 nitrogen and oxygen atoms in total. The Morgan fingerprint density at radius 2 is 2.22 bits per heavy atom. The molecule has 0 saturated carbocycles. The molecule has 1 amide bonds. The molecular formula is C18H21N7O2. The van der Waals surface area contributed by atoms with E-state index in [1.165, 1.54) is 6.42 Å². The van der Waals surface area contributed by atoms with E-state index in [1.807, 2.05) is 30.3 Å². The number of carbonyl (C=O) groups is 1. The van der Waals surface area contributed by atoms with E-state index in [-0.39, 0.29) is 18.1 Å². The van der Waals surface area contributed by atoms with Crippen molar-refractivity contribution >= 4 is 5.91 Å². The Kier molecular flexibility index (Phi) is 5.20. The molecule has 0 aliphatic carbocycles. The molecule has 3 aromatic rings. The van der Waals surface area contributed by atoms with Gasteiger partial charge in [-0.05, 0) is 31.8 Å². The van der Waals surface area contributed by atoms with Crippen molar-refractivity contribution in [2.75, 3.05) is 13.1 Å². The Bertz CT molecular complexity index is 884. The number of benzene rings is 1. The van der Waals surface area contributed by atoms with Crippen molar-refractivity contribution in [3.8, 4) is 11.4 Å². The summed E-state index contributed by atoms with van der Waals surface area (Å²) in [6, 6.07) is 9.52. The molecule has 140 valence electrons. The zero-order chi connectivity index (χ0) is 18.5. The van der Waals surface area contributed by atoms with Crippen LogP contribution in [0.1, 0.15) is 29.2 Å². The summed E-state index contributed by atoms with van der Waals surface area (Å²) in [6.45, 7) is 2.95. The second kappa shape index (κ2) is 8.09. The van der Waals surface area contributed by atoms with E-state index in [0.717, 1.165) is 31.6 Å². The number of nitrogens with one attached hydrogen (secondary N) is 2. The topological polar surface area (TPSA) is 111 Å². The number of hydrogen-bond donors (Lipinski definition) is 2. The molecule has 1 atom stereocenters. The maximum absolute atomic E-state index is 12.3. The highest BCUT2D eigenvalue weighted by Crippen LogP contribution is 2.15. The van der Waals surface area contributed by atoms with Gasteiger partial charge in [-0.1, -0.05) is 40.7 Å². The van der Waals surface area contributed by atoms with Crippen molar-refractivity contribution in [3.63, 3.8) is 0 Å². The average molecular weight is 367 g/mol. The van der Waals surface area contributed by atoms with Crippen molar-refractivity contribution in [1.82, 2.24) is 35.8 Å². The maximum atomic E-state index is 12.3. The fourth-order valence-corrected chi connectivity index (χ4v) is 3.11. The van der Waals surface area contributed by atoms with Crippen LogP contribution in [0, 0.1) is 5.92 Å². The Morgan fingerprint density at radius 3 is 3.04 bits per heavy atom. The van der Waals surface area contributed by atoms with E-state index in [0.29, 0.717) is 17.6 Å². The van der Waals surface area contributed by atoms with Crippen LogP contribution in [0.25, 0.3) is 11.4 Å². The first kappa shape index (κ1) is 17.3. The Balaban J connectivity index is 1.31. The van der Waals surface area contributed by atoms with Crippen molar-refractivity contribution < 1.29 is 9.32 Å². The first-order chi connectivity index (χ1) is 13.3. The average Bonchev–Trinajstić information content (AvgIpc) is 3.37. The van der Waals surface area contributed by atoms with Gasteiger partial charge in [-0.2, -0.15) is 4.98 Å². The predicted molar refractivity (Wildman–Crippen MR) is 96.5 cm³/mol. The lowest BCUT2D eigenvalue weighted by Crippen LogP contribution is -2.32. The number of carbonyl (C=O) groups excluding carboxylic acids is 1. The quantitative estimate of drug-likeness (QED) is 0.675. The Morgan fingerprint density at radius 1 is 1.33 bits per heavy atom. The highest BCUT2D eigenvalue weighted by Gasteiger charge is 2.17. The molecule has 1 fully saturated rings. The molecule has 2 N–H and O–H groups in total. The molecule has 2 aromatic heterocycles. The van der Waals surface area contributed by atoms with Crippen molar-refractivity contribution in [2.45, 2.75) is 25.9 Å². The predicted octanol–water partition coefficient (Wildman–Crippen LogP) is 1.26. The normalized spacial score (nSPS) is 17.0. The van der Waals surface area contributed by atoms with Gasteiger partial charge >= 0.3 is 0 Å². The standard InChI is InChI=1S/C18H21N7O2/c26-18(15-12-25(24-22-15)11-13-5-4-8-19-9-13)20-10-16-21-17(23-27-16)14-6-2-1-3-7-14/h1-3,6-7,12-13,19H,4-5,8-11H2,(H,20,26)/t13-/m0/s1. The molecule has 1 aliphatic rings. The van der Waals surface area contributed by atoms with Crippen molar-refractivity contribution in [2.24, 2.45) is 5.92 Å². The third-order valence-electron chi connectivity index (χ3n) is 4.52. The third kappa shape index (κ3) is 4.37. The number of aromatic nitrogens is 5. The molecule has 0 bridgehead atoms. The van der Waals surface area contributed by atoms with E-state index in [1.54, 1.807) is 10.9 Å². The fraction of sp³-hybridized carbons (Fsp3) is 0.389. The monoisotopic (exact) mass is 367 g/mol. The van der Waals surface area contributed by atoms with Crippen LogP contribution >= 0.6 is 0 Å². The summed E-state index contributed by atoms with van der Waals surface area (Å²) in [4.78, 5) is 16.6. The Hall–Kier alpha value is -3.07. The maximum Gasteiger partial charge on any atom is 0.273 e. The van der Waals surface area contributed by atoms with Crippen LogP contribution in [0.3, 0.4) is 0 Å². The molecule has 9 heteroatoms. The van der Waals surface area contributed by atoms with E-state index in [4.69, 9.17) is 4.52 Å². The lowest BCUT2D eigenvalue weighted by atomic mass is 10.00. The van der Waals surface area contributed by atoms with Crippen LogP contribution in [0.15, 0.2) is 41.1 Å². The molecule has 1 aromatic carbocycles. The summed E-state index contributed by atoms with van der Waals surface area (Å²) in [6.07, 6.45) is 4.00. The summed E-state index contributed by atoms with van der Waals surface area (Å²) >= 11 is 0. The molecular weight excluding hydrogens is 346 g/mol. The molecule has 1 saturated heterocycles.